The van der Waals surface area contributed by atoms with Gasteiger partial charge in [-0.05, 0) is 42.8 Å². The first-order valence-electron chi connectivity index (χ1n) is 9.36. The number of piperazine rings is 1. The smallest absolute Gasteiger partial charge is 0.215 e. The van der Waals surface area contributed by atoms with E-state index in [0.29, 0.717) is 22.8 Å². The molecule has 0 radical (unpaired) electrons. The maximum absolute atomic E-state index is 13.9. The largest absolute Gasteiger partial charge is 0.367 e. The Kier molecular flexibility index (Phi) is 7.29. The highest BCUT2D eigenvalue weighted by atomic mass is 35.5. The molecule has 1 N–H and O–H groups in total. The summed E-state index contributed by atoms with van der Waals surface area (Å²) in [5.41, 5.74) is 1.36. The highest BCUT2D eigenvalue weighted by Crippen LogP contribution is 2.20. The molecule has 0 amide bonds. The van der Waals surface area contributed by atoms with Gasteiger partial charge in [0.25, 0.3) is 0 Å². The van der Waals surface area contributed by atoms with Crippen molar-refractivity contribution in [2.75, 3.05) is 44.2 Å². The van der Waals surface area contributed by atoms with Gasteiger partial charge in [0.1, 0.15) is 5.82 Å². The zero-order valence-electron chi connectivity index (χ0n) is 15.7. The van der Waals surface area contributed by atoms with Gasteiger partial charge in [-0.15, -0.1) is 0 Å². The van der Waals surface area contributed by atoms with Crippen LogP contribution in [0.2, 0.25) is 5.02 Å². The van der Waals surface area contributed by atoms with Gasteiger partial charge in [-0.1, -0.05) is 35.9 Å². The fraction of sp³-hybridized carbons (Fsp3) is 0.400. The fourth-order valence-corrected chi connectivity index (χ4v) is 4.62. The molecule has 28 heavy (non-hydrogen) atoms. The number of anilines is 1. The number of para-hydroxylation sites is 1. The molecule has 0 aliphatic carbocycles. The van der Waals surface area contributed by atoms with Crippen LogP contribution in [-0.4, -0.2) is 52.6 Å². The highest BCUT2D eigenvalue weighted by molar-refractivity contribution is 7.88. The van der Waals surface area contributed by atoms with Crippen molar-refractivity contribution in [3.63, 3.8) is 0 Å². The summed E-state index contributed by atoms with van der Waals surface area (Å²) in [7, 11) is -3.36. The van der Waals surface area contributed by atoms with E-state index in [1.54, 1.807) is 36.4 Å². The average molecular weight is 426 g/mol. The maximum Gasteiger partial charge on any atom is 0.215 e. The van der Waals surface area contributed by atoms with Crippen molar-refractivity contribution in [3.8, 4) is 0 Å². The van der Waals surface area contributed by atoms with Gasteiger partial charge in [-0.25, -0.2) is 17.5 Å². The van der Waals surface area contributed by atoms with Crippen molar-refractivity contribution in [3.05, 3.63) is 64.9 Å². The lowest BCUT2D eigenvalue weighted by molar-refractivity contribution is 0.255. The van der Waals surface area contributed by atoms with Crippen LogP contribution in [0, 0.1) is 5.82 Å². The van der Waals surface area contributed by atoms with Crippen molar-refractivity contribution >= 4 is 27.3 Å². The van der Waals surface area contributed by atoms with Crippen LogP contribution in [0.15, 0.2) is 48.5 Å². The summed E-state index contributed by atoms with van der Waals surface area (Å²) in [6, 6.07) is 13.6. The summed E-state index contributed by atoms with van der Waals surface area (Å²) in [4.78, 5) is 4.34. The lowest BCUT2D eigenvalue weighted by Gasteiger charge is -2.36. The molecule has 1 saturated heterocycles. The summed E-state index contributed by atoms with van der Waals surface area (Å²) >= 11 is 5.82. The van der Waals surface area contributed by atoms with Gasteiger partial charge in [0, 0.05) is 37.7 Å². The molecule has 1 aliphatic rings. The van der Waals surface area contributed by atoms with E-state index in [-0.39, 0.29) is 11.6 Å². The van der Waals surface area contributed by atoms with Crippen LogP contribution in [-0.2, 0) is 15.8 Å². The Balaban J connectivity index is 1.37. The number of nitrogens with zero attached hydrogens (tertiary/aromatic N) is 2. The van der Waals surface area contributed by atoms with E-state index < -0.39 is 10.0 Å². The molecule has 3 rings (SSSR count). The summed E-state index contributed by atoms with van der Waals surface area (Å²) in [5, 5.41) is 0.587. The Labute approximate surface area is 171 Å². The monoisotopic (exact) mass is 425 g/mol. The van der Waals surface area contributed by atoms with E-state index in [1.807, 2.05) is 6.07 Å². The second-order valence-electron chi connectivity index (χ2n) is 6.91. The van der Waals surface area contributed by atoms with Gasteiger partial charge in [0.2, 0.25) is 10.0 Å². The minimum Gasteiger partial charge on any atom is -0.367 e. The summed E-state index contributed by atoms with van der Waals surface area (Å²) in [6.45, 7) is 4.43. The van der Waals surface area contributed by atoms with E-state index in [4.69, 9.17) is 11.6 Å². The molecular weight excluding hydrogens is 401 g/mol. The van der Waals surface area contributed by atoms with E-state index in [1.165, 1.54) is 6.07 Å². The third kappa shape index (κ3) is 6.17. The van der Waals surface area contributed by atoms with Gasteiger partial charge in [0.05, 0.1) is 11.4 Å². The van der Waals surface area contributed by atoms with Crippen LogP contribution in [0.3, 0.4) is 0 Å². The Morgan fingerprint density at radius 3 is 2.36 bits per heavy atom. The van der Waals surface area contributed by atoms with Crippen LogP contribution in [0.4, 0.5) is 10.1 Å². The lowest BCUT2D eigenvalue weighted by atomic mass is 10.2. The first-order valence-corrected chi connectivity index (χ1v) is 11.4. The zero-order chi connectivity index (χ0) is 20.0. The Morgan fingerprint density at radius 2 is 1.68 bits per heavy atom. The standard InChI is InChI=1S/C20H25ClFN3O2S/c21-18-8-6-17(7-9-18)16-28(26,27)23-10-3-11-24-12-14-25(15-13-24)20-5-2-1-4-19(20)22/h1-2,4-9,23H,3,10-16H2. The van der Waals surface area contributed by atoms with Gasteiger partial charge in [-0.3, -0.25) is 4.90 Å². The van der Waals surface area contributed by atoms with E-state index in [9.17, 15) is 12.8 Å². The highest BCUT2D eigenvalue weighted by Gasteiger charge is 2.19. The van der Waals surface area contributed by atoms with E-state index in [0.717, 1.165) is 39.1 Å². The molecule has 5 nitrogen and oxygen atoms in total. The Bertz CT molecular complexity index is 869. The quantitative estimate of drug-likeness (QED) is 0.660. The van der Waals surface area contributed by atoms with Crippen LogP contribution in [0.25, 0.3) is 0 Å². The molecule has 0 aromatic heterocycles. The molecule has 0 bridgehead atoms. The molecule has 152 valence electrons. The van der Waals surface area contributed by atoms with Crippen LogP contribution in [0.5, 0.6) is 0 Å². The molecule has 2 aromatic rings. The number of hydrogen-bond acceptors (Lipinski definition) is 4. The second-order valence-corrected chi connectivity index (χ2v) is 9.16. The predicted octanol–water partition coefficient (Wildman–Crippen LogP) is 3.11. The molecule has 0 unspecified atom stereocenters. The summed E-state index contributed by atoms with van der Waals surface area (Å²) in [5.74, 6) is -0.239. The lowest BCUT2D eigenvalue weighted by Crippen LogP contribution is -2.47. The van der Waals surface area contributed by atoms with E-state index >= 15 is 0 Å². The summed E-state index contributed by atoms with van der Waals surface area (Å²) < 4.78 is 40.9. The Hall–Kier alpha value is -1.67. The molecule has 8 heteroatoms. The van der Waals surface area contributed by atoms with Crippen LogP contribution >= 0.6 is 11.6 Å². The molecule has 1 fully saturated rings. The number of hydrogen-bond donors (Lipinski definition) is 1. The van der Waals surface area contributed by atoms with Gasteiger partial charge in [0.15, 0.2) is 0 Å². The molecule has 1 aliphatic heterocycles. The predicted molar refractivity (Wildman–Crippen MR) is 112 cm³/mol. The van der Waals surface area contributed by atoms with Crippen molar-refractivity contribution in [2.24, 2.45) is 0 Å². The molecular formula is C20H25ClFN3O2S. The zero-order valence-corrected chi connectivity index (χ0v) is 17.2. The minimum atomic E-state index is -3.36. The molecule has 2 aromatic carbocycles. The third-order valence-electron chi connectivity index (χ3n) is 4.81. The van der Waals surface area contributed by atoms with Crippen molar-refractivity contribution in [1.29, 1.82) is 0 Å². The van der Waals surface area contributed by atoms with Crippen molar-refractivity contribution in [1.82, 2.24) is 9.62 Å². The van der Waals surface area contributed by atoms with Gasteiger partial charge in [-0.2, -0.15) is 0 Å². The summed E-state index contributed by atoms with van der Waals surface area (Å²) in [6.07, 6.45) is 0.736. The van der Waals surface area contributed by atoms with Crippen LogP contribution in [0.1, 0.15) is 12.0 Å². The Morgan fingerprint density at radius 1 is 1.00 bits per heavy atom. The normalized spacial score (nSPS) is 15.7. The topological polar surface area (TPSA) is 52.7 Å². The van der Waals surface area contributed by atoms with Crippen LogP contribution < -0.4 is 9.62 Å². The molecule has 0 saturated carbocycles. The minimum absolute atomic E-state index is 0.0501. The number of nitrogens with one attached hydrogen (secondary N) is 1. The number of rotatable bonds is 8. The van der Waals surface area contributed by atoms with Crippen molar-refractivity contribution < 1.29 is 12.8 Å². The number of halogens is 2. The van der Waals surface area contributed by atoms with Gasteiger partial charge < -0.3 is 4.90 Å². The third-order valence-corrected chi connectivity index (χ3v) is 6.42. The first-order chi connectivity index (χ1) is 13.4. The van der Waals surface area contributed by atoms with Gasteiger partial charge >= 0.3 is 0 Å². The fourth-order valence-electron chi connectivity index (χ4n) is 3.30. The SMILES string of the molecule is O=S(=O)(Cc1ccc(Cl)cc1)NCCCN1CCN(c2ccccc2F)CC1. The molecule has 0 atom stereocenters. The maximum atomic E-state index is 13.9. The second kappa shape index (κ2) is 9.69. The average Bonchev–Trinajstić information content (AvgIpc) is 2.68. The first kappa shape index (κ1) is 21.0. The van der Waals surface area contributed by atoms with Crippen molar-refractivity contribution in [2.45, 2.75) is 12.2 Å². The molecule has 0 spiro atoms. The molecule has 1 heterocycles. The number of sulfonamides is 1. The number of benzene rings is 2. The van der Waals surface area contributed by atoms with E-state index in [2.05, 4.69) is 14.5 Å².